The summed E-state index contributed by atoms with van der Waals surface area (Å²) in [6.45, 7) is 2.50. The Balaban J connectivity index is 2.45. The van der Waals surface area contributed by atoms with E-state index in [2.05, 4.69) is 25.0 Å². The summed E-state index contributed by atoms with van der Waals surface area (Å²) >= 11 is 0. The average molecular weight is 150 g/mol. The SMILES string of the molecule is C#CCOC1(C)C=CCCC1. The van der Waals surface area contributed by atoms with Gasteiger partial charge in [-0.15, -0.1) is 6.42 Å². The summed E-state index contributed by atoms with van der Waals surface area (Å²) in [6.07, 6.45) is 12.9. The van der Waals surface area contributed by atoms with Gasteiger partial charge in [0.2, 0.25) is 0 Å². The Bertz CT molecular complexity index is 188. The fraction of sp³-hybridized carbons (Fsp3) is 0.600. The average Bonchev–Trinajstić information content (AvgIpc) is 2.03. The molecule has 0 saturated carbocycles. The zero-order valence-electron chi connectivity index (χ0n) is 6.97. The second-order valence-electron chi connectivity index (χ2n) is 3.10. The van der Waals surface area contributed by atoms with Crippen LogP contribution in [0.5, 0.6) is 0 Å². The molecule has 0 aliphatic heterocycles. The largest absolute Gasteiger partial charge is 0.359 e. The Morgan fingerprint density at radius 2 is 2.55 bits per heavy atom. The van der Waals surface area contributed by atoms with Crippen molar-refractivity contribution in [1.82, 2.24) is 0 Å². The molecule has 0 aromatic rings. The third-order valence-corrected chi connectivity index (χ3v) is 2.00. The van der Waals surface area contributed by atoms with Gasteiger partial charge in [0.05, 0.1) is 5.60 Å². The van der Waals surface area contributed by atoms with Crippen LogP contribution in [0.2, 0.25) is 0 Å². The summed E-state index contributed by atoms with van der Waals surface area (Å²) in [4.78, 5) is 0. The number of allylic oxidation sites excluding steroid dienone is 1. The summed E-state index contributed by atoms with van der Waals surface area (Å²) < 4.78 is 5.50. The van der Waals surface area contributed by atoms with E-state index in [1.165, 1.54) is 12.8 Å². The normalized spacial score (nSPS) is 29.8. The fourth-order valence-electron chi connectivity index (χ4n) is 1.31. The number of ether oxygens (including phenoxy) is 1. The molecule has 1 unspecified atom stereocenters. The minimum absolute atomic E-state index is 0.0926. The molecule has 0 spiro atoms. The van der Waals surface area contributed by atoms with E-state index >= 15 is 0 Å². The zero-order valence-corrected chi connectivity index (χ0v) is 6.97. The van der Waals surface area contributed by atoms with Gasteiger partial charge in [-0.3, -0.25) is 0 Å². The molecule has 0 heterocycles. The minimum Gasteiger partial charge on any atom is -0.359 e. The second kappa shape index (κ2) is 3.59. The molecule has 1 heteroatoms. The van der Waals surface area contributed by atoms with E-state index in [1.54, 1.807) is 0 Å². The molecule has 0 aromatic carbocycles. The van der Waals surface area contributed by atoms with Crippen LogP contribution in [0.15, 0.2) is 12.2 Å². The standard InChI is InChI=1S/C10H14O/c1-3-9-11-10(2)7-5-4-6-8-10/h1,5,7H,4,6,8-9H2,2H3. The van der Waals surface area contributed by atoms with Gasteiger partial charge in [-0.25, -0.2) is 0 Å². The molecule has 0 saturated heterocycles. The molecule has 0 amide bonds. The summed E-state index contributed by atoms with van der Waals surface area (Å²) in [6, 6.07) is 0. The molecule has 0 N–H and O–H groups in total. The third kappa shape index (κ3) is 2.40. The van der Waals surface area contributed by atoms with Gasteiger partial charge in [0, 0.05) is 0 Å². The Morgan fingerprint density at radius 1 is 1.73 bits per heavy atom. The van der Waals surface area contributed by atoms with E-state index in [1.807, 2.05) is 0 Å². The molecule has 0 aromatic heterocycles. The predicted molar refractivity (Wildman–Crippen MR) is 46.2 cm³/mol. The van der Waals surface area contributed by atoms with Crippen molar-refractivity contribution < 1.29 is 4.74 Å². The van der Waals surface area contributed by atoms with E-state index in [-0.39, 0.29) is 5.60 Å². The molecule has 1 rings (SSSR count). The maximum absolute atomic E-state index is 5.50. The summed E-state index contributed by atoms with van der Waals surface area (Å²) in [5.74, 6) is 2.48. The van der Waals surface area contributed by atoms with Gasteiger partial charge in [-0.2, -0.15) is 0 Å². The fourth-order valence-corrected chi connectivity index (χ4v) is 1.31. The number of terminal acetylenes is 1. The van der Waals surface area contributed by atoms with Crippen LogP contribution in [0.3, 0.4) is 0 Å². The molecule has 11 heavy (non-hydrogen) atoms. The summed E-state index contributed by atoms with van der Waals surface area (Å²) in [5.41, 5.74) is -0.0926. The van der Waals surface area contributed by atoms with Crippen molar-refractivity contribution in [2.75, 3.05) is 6.61 Å². The van der Waals surface area contributed by atoms with E-state index in [0.29, 0.717) is 6.61 Å². The van der Waals surface area contributed by atoms with Gasteiger partial charge < -0.3 is 4.74 Å². The molecular formula is C10H14O. The smallest absolute Gasteiger partial charge is 0.108 e. The Hall–Kier alpha value is -0.740. The van der Waals surface area contributed by atoms with Crippen LogP contribution in [0.1, 0.15) is 26.2 Å². The summed E-state index contributed by atoms with van der Waals surface area (Å²) in [7, 11) is 0. The van der Waals surface area contributed by atoms with Gasteiger partial charge in [0.1, 0.15) is 6.61 Å². The van der Waals surface area contributed by atoms with Gasteiger partial charge in [0.15, 0.2) is 0 Å². The maximum atomic E-state index is 5.50. The lowest BCUT2D eigenvalue weighted by Crippen LogP contribution is -2.27. The molecule has 0 radical (unpaired) electrons. The van der Waals surface area contributed by atoms with Crippen molar-refractivity contribution >= 4 is 0 Å². The van der Waals surface area contributed by atoms with Gasteiger partial charge in [-0.05, 0) is 26.2 Å². The highest BCUT2D eigenvalue weighted by atomic mass is 16.5. The lowest BCUT2D eigenvalue weighted by molar-refractivity contribution is 0.0155. The summed E-state index contributed by atoms with van der Waals surface area (Å²) in [5, 5.41) is 0. The highest BCUT2D eigenvalue weighted by Crippen LogP contribution is 2.24. The van der Waals surface area contributed by atoms with Crippen molar-refractivity contribution in [3.8, 4) is 12.3 Å². The van der Waals surface area contributed by atoms with Crippen LogP contribution in [-0.4, -0.2) is 12.2 Å². The van der Waals surface area contributed by atoms with Crippen molar-refractivity contribution in [2.24, 2.45) is 0 Å². The molecule has 1 aliphatic rings. The highest BCUT2D eigenvalue weighted by Gasteiger charge is 2.22. The van der Waals surface area contributed by atoms with Gasteiger partial charge in [-0.1, -0.05) is 18.1 Å². The number of rotatable bonds is 2. The van der Waals surface area contributed by atoms with Crippen LogP contribution < -0.4 is 0 Å². The van der Waals surface area contributed by atoms with E-state index in [4.69, 9.17) is 11.2 Å². The van der Waals surface area contributed by atoms with Crippen molar-refractivity contribution in [3.63, 3.8) is 0 Å². The quantitative estimate of drug-likeness (QED) is 0.433. The van der Waals surface area contributed by atoms with Gasteiger partial charge >= 0.3 is 0 Å². The first kappa shape index (κ1) is 8.36. The topological polar surface area (TPSA) is 9.23 Å². The third-order valence-electron chi connectivity index (χ3n) is 2.00. The number of hydrogen-bond acceptors (Lipinski definition) is 1. The number of hydrogen-bond donors (Lipinski definition) is 0. The van der Waals surface area contributed by atoms with Crippen molar-refractivity contribution in [3.05, 3.63) is 12.2 Å². The van der Waals surface area contributed by atoms with Crippen LogP contribution >= 0.6 is 0 Å². The monoisotopic (exact) mass is 150 g/mol. The van der Waals surface area contributed by atoms with E-state index in [0.717, 1.165) is 6.42 Å². The van der Waals surface area contributed by atoms with Crippen LogP contribution in [0, 0.1) is 12.3 Å². The first-order valence-electron chi connectivity index (χ1n) is 4.02. The second-order valence-corrected chi connectivity index (χ2v) is 3.10. The highest BCUT2D eigenvalue weighted by molar-refractivity contribution is 5.04. The molecule has 0 fully saturated rings. The zero-order chi connectivity index (χ0) is 8.16. The van der Waals surface area contributed by atoms with Crippen LogP contribution in [0.4, 0.5) is 0 Å². The molecule has 0 bridgehead atoms. The van der Waals surface area contributed by atoms with E-state index in [9.17, 15) is 0 Å². The first-order chi connectivity index (χ1) is 5.27. The predicted octanol–water partition coefficient (Wildman–Crippen LogP) is 2.13. The van der Waals surface area contributed by atoms with Crippen LogP contribution in [0.25, 0.3) is 0 Å². The Kier molecular flexibility index (Phi) is 2.73. The minimum atomic E-state index is -0.0926. The van der Waals surface area contributed by atoms with Gasteiger partial charge in [0.25, 0.3) is 0 Å². The Labute approximate surface area is 68.4 Å². The molecule has 60 valence electrons. The maximum Gasteiger partial charge on any atom is 0.108 e. The molecule has 1 nitrogen and oxygen atoms in total. The molecule has 1 atom stereocenters. The van der Waals surface area contributed by atoms with Crippen molar-refractivity contribution in [1.29, 1.82) is 0 Å². The van der Waals surface area contributed by atoms with Crippen molar-refractivity contribution in [2.45, 2.75) is 31.8 Å². The lowest BCUT2D eigenvalue weighted by atomic mass is 9.93. The van der Waals surface area contributed by atoms with E-state index < -0.39 is 0 Å². The molecule has 1 aliphatic carbocycles. The first-order valence-corrected chi connectivity index (χ1v) is 4.02. The Morgan fingerprint density at radius 3 is 3.09 bits per heavy atom. The molecular weight excluding hydrogens is 136 g/mol. The lowest BCUT2D eigenvalue weighted by Gasteiger charge is -2.28. The van der Waals surface area contributed by atoms with Crippen LogP contribution in [-0.2, 0) is 4.74 Å².